The normalized spacial score (nSPS) is 18.1. The molecule has 0 N–H and O–H groups in total. The Kier molecular flexibility index (Phi) is 4.90. The van der Waals surface area contributed by atoms with Crippen molar-refractivity contribution in [2.75, 3.05) is 49.1 Å². The zero-order chi connectivity index (χ0) is 17.8. The molecule has 2 aliphatic heterocycles. The minimum absolute atomic E-state index is 0.0607. The van der Waals surface area contributed by atoms with Crippen molar-refractivity contribution in [1.29, 1.82) is 0 Å². The van der Waals surface area contributed by atoms with Gasteiger partial charge in [0.1, 0.15) is 11.5 Å². The number of anilines is 2. The molecule has 0 spiro atoms. The number of piperazine rings is 1. The molecule has 2 fully saturated rings. The van der Waals surface area contributed by atoms with Crippen molar-refractivity contribution >= 4 is 17.7 Å². The van der Waals surface area contributed by atoms with Crippen LogP contribution in [-0.2, 0) is 0 Å². The van der Waals surface area contributed by atoms with Gasteiger partial charge in [-0.1, -0.05) is 0 Å². The summed E-state index contributed by atoms with van der Waals surface area (Å²) >= 11 is 0. The van der Waals surface area contributed by atoms with E-state index in [-0.39, 0.29) is 5.91 Å². The van der Waals surface area contributed by atoms with Gasteiger partial charge in [-0.05, 0) is 25.3 Å². The average Bonchev–Trinajstić information content (AvgIpc) is 2.75. The van der Waals surface area contributed by atoms with Crippen LogP contribution in [0, 0.1) is 0 Å². The number of carbonyl (C=O) groups is 1. The molecule has 0 aliphatic carbocycles. The molecule has 0 atom stereocenters. The van der Waals surface area contributed by atoms with Gasteiger partial charge in [-0.3, -0.25) is 9.78 Å². The summed E-state index contributed by atoms with van der Waals surface area (Å²) in [4.78, 5) is 36.1. The molecule has 0 aromatic carbocycles. The highest BCUT2D eigenvalue weighted by atomic mass is 16.2. The lowest BCUT2D eigenvalue weighted by molar-refractivity contribution is 0.0740. The molecule has 8 heteroatoms. The fraction of sp³-hybridized carbons (Fsp3) is 0.500. The fourth-order valence-electron chi connectivity index (χ4n) is 3.47. The summed E-state index contributed by atoms with van der Waals surface area (Å²) in [5.74, 6) is 1.70. The largest absolute Gasteiger partial charge is 0.353 e. The van der Waals surface area contributed by atoms with Crippen LogP contribution in [0.15, 0.2) is 30.9 Å². The standard InChI is InChI=1S/C18H23N7O/c26-17(15-14-19-6-7-20-15)24-12-10-23(11-13-24)16-4-5-21-18(22-16)25-8-2-1-3-9-25/h4-7,14H,1-3,8-13H2. The maximum Gasteiger partial charge on any atom is 0.274 e. The van der Waals surface area contributed by atoms with Crippen LogP contribution >= 0.6 is 0 Å². The molecular weight excluding hydrogens is 330 g/mol. The van der Waals surface area contributed by atoms with Gasteiger partial charge in [-0.2, -0.15) is 4.98 Å². The van der Waals surface area contributed by atoms with E-state index in [1.54, 1.807) is 12.4 Å². The third-order valence-electron chi connectivity index (χ3n) is 4.94. The summed E-state index contributed by atoms with van der Waals surface area (Å²) < 4.78 is 0. The number of hydrogen-bond donors (Lipinski definition) is 0. The average molecular weight is 353 g/mol. The van der Waals surface area contributed by atoms with Crippen LogP contribution in [0.2, 0.25) is 0 Å². The first kappa shape index (κ1) is 16.7. The predicted octanol–water partition coefficient (Wildman–Crippen LogP) is 1.22. The fourth-order valence-corrected chi connectivity index (χ4v) is 3.47. The molecule has 4 rings (SSSR count). The first-order valence-electron chi connectivity index (χ1n) is 9.19. The highest BCUT2D eigenvalue weighted by molar-refractivity contribution is 5.92. The lowest BCUT2D eigenvalue weighted by Gasteiger charge is -2.35. The number of amides is 1. The molecular formula is C18H23N7O. The first-order chi connectivity index (χ1) is 12.8. The van der Waals surface area contributed by atoms with Crippen molar-refractivity contribution in [2.45, 2.75) is 19.3 Å². The van der Waals surface area contributed by atoms with Crippen molar-refractivity contribution in [3.8, 4) is 0 Å². The van der Waals surface area contributed by atoms with Gasteiger partial charge in [0.2, 0.25) is 5.95 Å². The maximum absolute atomic E-state index is 12.5. The minimum atomic E-state index is -0.0607. The van der Waals surface area contributed by atoms with Crippen LogP contribution in [0.4, 0.5) is 11.8 Å². The SMILES string of the molecule is O=C(c1cnccn1)N1CCN(c2ccnc(N3CCCCC3)n2)CC1. The van der Waals surface area contributed by atoms with Crippen LogP contribution in [0.1, 0.15) is 29.8 Å². The molecule has 1 amide bonds. The topological polar surface area (TPSA) is 78.4 Å². The Morgan fingerprint density at radius 1 is 0.846 bits per heavy atom. The van der Waals surface area contributed by atoms with Crippen LogP contribution < -0.4 is 9.80 Å². The molecule has 2 saturated heterocycles. The number of aromatic nitrogens is 4. The lowest BCUT2D eigenvalue weighted by Crippen LogP contribution is -2.49. The summed E-state index contributed by atoms with van der Waals surface area (Å²) in [5, 5.41) is 0. The Balaban J connectivity index is 1.39. The Labute approximate surface area is 152 Å². The summed E-state index contributed by atoms with van der Waals surface area (Å²) in [6, 6.07) is 1.95. The van der Waals surface area contributed by atoms with Gasteiger partial charge in [0.15, 0.2) is 0 Å². The van der Waals surface area contributed by atoms with Crippen LogP contribution in [-0.4, -0.2) is 70.0 Å². The number of hydrogen-bond acceptors (Lipinski definition) is 7. The van der Waals surface area contributed by atoms with E-state index in [0.717, 1.165) is 37.9 Å². The number of nitrogens with zero attached hydrogens (tertiary/aromatic N) is 7. The molecule has 0 saturated carbocycles. The third kappa shape index (κ3) is 3.58. The smallest absolute Gasteiger partial charge is 0.274 e. The minimum Gasteiger partial charge on any atom is -0.353 e. The van der Waals surface area contributed by atoms with Crippen molar-refractivity contribution in [3.05, 3.63) is 36.5 Å². The van der Waals surface area contributed by atoms with Gasteiger partial charge in [-0.25, -0.2) is 9.97 Å². The predicted molar refractivity (Wildman–Crippen MR) is 98.2 cm³/mol. The molecule has 0 bridgehead atoms. The second-order valence-corrected chi connectivity index (χ2v) is 6.63. The summed E-state index contributed by atoms with van der Waals surface area (Å²) in [6.07, 6.45) is 10.2. The highest BCUT2D eigenvalue weighted by Gasteiger charge is 2.24. The summed E-state index contributed by atoms with van der Waals surface area (Å²) in [7, 11) is 0. The molecule has 8 nitrogen and oxygen atoms in total. The van der Waals surface area contributed by atoms with E-state index in [0.29, 0.717) is 18.8 Å². The molecule has 2 aromatic heterocycles. The molecule has 0 unspecified atom stereocenters. The van der Waals surface area contributed by atoms with Crippen LogP contribution in [0.5, 0.6) is 0 Å². The van der Waals surface area contributed by atoms with E-state index in [2.05, 4.69) is 24.8 Å². The number of rotatable bonds is 3. The van der Waals surface area contributed by atoms with Gasteiger partial charge in [-0.15, -0.1) is 0 Å². The second-order valence-electron chi connectivity index (χ2n) is 6.63. The van der Waals surface area contributed by atoms with Crippen molar-refractivity contribution in [3.63, 3.8) is 0 Å². The first-order valence-corrected chi connectivity index (χ1v) is 9.19. The van der Waals surface area contributed by atoms with Crippen LogP contribution in [0.3, 0.4) is 0 Å². The van der Waals surface area contributed by atoms with Gasteiger partial charge in [0.05, 0.1) is 6.20 Å². The van der Waals surface area contributed by atoms with Gasteiger partial charge < -0.3 is 14.7 Å². The Hall–Kier alpha value is -2.77. The molecule has 136 valence electrons. The summed E-state index contributed by atoms with van der Waals surface area (Å²) in [6.45, 7) is 4.87. The van der Waals surface area contributed by atoms with Gasteiger partial charge in [0, 0.05) is 57.9 Å². The summed E-state index contributed by atoms with van der Waals surface area (Å²) in [5.41, 5.74) is 0.398. The van der Waals surface area contributed by atoms with E-state index < -0.39 is 0 Å². The zero-order valence-electron chi connectivity index (χ0n) is 14.8. The van der Waals surface area contributed by atoms with Gasteiger partial charge >= 0.3 is 0 Å². The molecule has 0 radical (unpaired) electrons. The Bertz CT molecular complexity index is 740. The highest BCUT2D eigenvalue weighted by Crippen LogP contribution is 2.20. The Morgan fingerprint density at radius 3 is 2.38 bits per heavy atom. The quantitative estimate of drug-likeness (QED) is 0.821. The molecule has 4 heterocycles. The second kappa shape index (κ2) is 7.63. The van der Waals surface area contributed by atoms with E-state index in [1.165, 1.54) is 25.5 Å². The van der Waals surface area contributed by atoms with Crippen molar-refractivity contribution < 1.29 is 4.79 Å². The van der Waals surface area contributed by atoms with Crippen molar-refractivity contribution in [1.82, 2.24) is 24.8 Å². The monoisotopic (exact) mass is 353 g/mol. The lowest BCUT2D eigenvalue weighted by atomic mass is 10.1. The van der Waals surface area contributed by atoms with E-state index in [1.807, 2.05) is 17.2 Å². The van der Waals surface area contributed by atoms with Crippen LogP contribution in [0.25, 0.3) is 0 Å². The zero-order valence-corrected chi connectivity index (χ0v) is 14.8. The Morgan fingerprint density at radius 2 is 1.65 bits per heavy atom. The number of piperidine rings is 1. The van der Waals surface area contributed by atoms with E-state index in [4.69, 9.17) is 4.98 Å². The molecule has 2 aromatic rings. The third-order valence-corrected chi connectivity index (χ3v) is 4.94. The van der Waals surface area contributed by atoms with E-state index >= 15 is 0 Å². The van der Waals surface area contributed by atoms with Gasteiger partial charge in [0.25, 0.3) is 5.91 Å². The molecule has 2 aliphatic rings. The molecule has 26 heavy (non-hydrogen) atoms. The number of carbonyl (C=O) groups excluding carboxylic acids is 1. The van der Waals surface area contributed by atoms with Crippen molar-refractivity contribution in [2.24, 2.45) is 0 Å². The maximum atomic E-state index is 12.5. The van der Waals surface area contributed by atoms with E-state index in [9.17, 15) is 4.79 Å².